The average molecular weight is 375 g/mol. The number of ether oxygens (including phenoxy) is 2. The minimum atomic E-state index is -0.509. The lowest BCUT2D eigenvalue weighted by molar-refractivity contribution is -0.903. The molecule has 2 aromatic rings. The molecule has 0 aliphatic carbocycles. The van der Waals surface area contributed by atoms with Gasteiger partial charge in [-0.2, -0.15) is 0 Å². The monoisotopic (exact) mass is 375 g/mol. The van der Waals surface area contributed by atoms with E-state index in [1.165, 1.54) is 11.0 Å². The van der Waals surface area contributed by atoms with Crippen molar-refractivity contribution >= 4 is 5.69 Å². The van der Waals surface area contributed by atoms with Crippen molar-refractivity contribution < 1.29 is 23.9 Å². The van der Waals surface area contributed by atoms with Crippen molar-refractivity contribution in [2.24, 2.45) is 0 Å². The van der Waals surface area contributed by atoms with E-state index in [9.17, 15) is 9.50 Å². The number of aliphatic hydroxyl groups is 1. The molecule has 1 heterocycles. The molecule has 5 nitrogen and oxygen atoms in total. The summed E-state index contributed by atoms with van der Waals surface area (Å²) in [6.07, 6.45) is -0.509. The number of rotatable bonds is 8. The Kier molecular flexibility index (Phi) is 7.04. The summed E-state index contributed by atoms with van der Waals surface area (Å²) in [4.78, 5) is 3.39. The van der Waals surface area contributed by atoms with Gasteiger partial charge in [0.1, 0.15) is 24.2 Å². The van der Waals surface area contributed by atoms with Crippen LogP contribution in [0.15, 0.2) is 48.5 Å². The Morgan fingerprint density at radius 3 is 2.67 bits per heavy atom. The minimum Gasteiger partial charge on any atom is -0.497 e. The maximum atomic E-state index is 13.9. The van der Waals surface area contributed by atoms with Crippen molar-refractivity contribution in [1.29, 1.82) is 0 Å². The molecule has 0 saturated carbocycles. The van der Waals surface area contributed by atoms with E-state index in [0.717, 1.165) is 37.5 Å². The molecule has 1 atom stereocenters. The topological polar surface area (TPSA) is 46.4 Å². The number of nitrogens with one attached hydrogen (secondary N) is 1. The third kappa shape index (κ3) is 5.66. The van der Waals surface area contributed by atoms with Gasteiger partial charge in [-0.15, -0.1) is 0 Å². The van der Waals surface area contributed by atoms with Gasteiger partial charge in [0.2, 0.25) is 0 Å². The van der Waals surface area contributed by atoms with Crippen LogP contribution < -0.4 is 14.5 Å². The summed E-state index contributed by atoms with van der Waals surface area (Å²) < 4.78 is 24.7. The summed E-state index contributed by atoms with van der Waals surface area (Å²) in [7, 11) is 1.64. The van der Waals surface area contributed by atoms with Gasteiger partial charge in [0.15, 0.2) is 0 Å². The molecule has 6 heteroatoms. The maximum Gasteiger partial charge on any atom is 0.146 e. The van der Waals surface area contributed by atoms with Crippen LogP contribution in [-0.4, -0.2) is 57.7 Å². The lowest BCUT2D eigenvalue weighted by Gasteiger charge is -2.34. The van der Waals surface area contributed by atoms with Gasteiger partial charge in [-0.1, -0.05) is 24.3 Å². The molecule has 27 heavy (non-hydrogen) atoms. The number of nitrogens with zero attached hydrogens (tertiary/aromatic N) is 1. The molecule has 0 bridgehead atoms. The standard InChI is InChI=1S/C21H27FN2O3/c1-26-19-6-4-5-17(13-19)15-27-16-18(25)14-23-9-11-24(12-10-23)21-8-3-2-7-20(21)22/h2-8,13,18,25H,9-12,14-16H2,1H3/p+1/t18-/m1/s1. The summed E-state index contributed by atoms with van der Waals surface area (Å²) in [5.41, 5.74) is 1.69. The van der Waals surface area contributed by atoms with Crippen LogP contribution in [-0.2, 0) is 11.3 Å². The predicted molar refractivity (Wildman–Crippen MR) is 103 cm³/mol. The van der Waals surface area contributed by atoms with Gasteiger partial charge in [-0.25, -0.2) is 4.39 Å². The molecule has 2 N–H and O–H groups in total. The van der Waals surface area contributed by atoms with Crippen molar-refractivity contribution in [2.45, 2.75) is 12.7 Å². The first-order valence-electron chi connectivity index (χ1n) is 9.37. The van der Waals surface area contributed by atoms with Crippen molar-refractivity contribution in [3.8, 4) is 5.75 Å². The zero-order valence-electron chi connectivity index (χ0n) is 15.7. The first kappa shape index (κ1) is 19.6. The number of hydrogen-bond acceptors (Lipinski definition) is 4. The molecule has 0 unspecified atom stereocenters. The highest BCUT2D eigenvalue weighted by Gasteiger charge is 2.23. The SMILES string of the molecule is COc1cccc(COC[C@H](O)C[NH+]2CCN(c3ccccc3F)CC2)c1. The molecular formula is C21H28FN2O3+. The minimum absolute atomic E-state index is 0.174. The molecule has 1 aliphatic rings. The van der Waals surface area contributed by atoms with Crippen molar-refractivity contribution in [3.05, 3.63) is 59.9 Å². The van der Waals surface area contributed by atoms with Crippen LogP contribution >= 0.6 is 0 Å². The number of para-hydroxylation sites is 1. The Hall–Kier alpha value is -2.15. The van der Waals surface area contributed by atoms with Crippen LogP contribution in [0.5, 0.6) is 5.75 Å². The Labute approximate surface area is 159 Å². The Morgan fingerprint density at radius 2 is 1.93 bits per heavy atom. The van der Waals surface area contributed by atoms with Crippen molar-refractivity contribution in [1.82, 2.24) is 0 Å². The number of anilines is 1. The zero-order chi connectivity index (χ0) is 19.1. The summed E-state index contributed by atoms with van der Waals surface area (Å²) >= 11 is 0. The summed E-state index contributed by atoms with van der Waals surface area (Å²) in [5, 5.41) is 10.3. The molecule has 0 amide bonds. The molecule has 1 aliphatic heterocycles. The fourth-order valence-electron chi connectivity index (χ4n) is 3.44. The maximum absolute atomic E-state index is 13.9. The van der Waals surface area contributed by atoms with Gasteiger partial charge >= 0.3 is 0 Å². The first-order chi connectivity index (χ1) is 13.2. The molecule has 3 rings (SSSR count). The number of aliphatic hydroxyl groups excluding tert-OH is 1. The second-order valence-corrected chi connectivity index (χ2v) is 6.91. The Morgan fingerprint density at radius 1 is 1.15 bits per heavy atom. The average Bonchev–Trinajstić information content (AvgIpc) is 2.69. The lowest BCUT2D eigenvalue weighted by atomic mass is 10.2. The van der Waals surface area contributed by atoms with Crippen LogP contribution in [0.25, 0.3) is 0 Å². The highest BCUT2D eigenvalue weighted by atomic mass is 19.1. The van der Waals surface area contributed by atoms with E-state index >= 15 is 0 Å². The quantitative estimate of drug-likeness (QED) is 0.726. The highest BCUT2D eigenvalue weighted by molar-refractivity contribution is 5.47. The first-order valence-corrected chi connectivity index (χ1v) is 9.37. The highest BCUT2D eigenvalue weighted by Crippen LogP contribution is 2.18. The number of methoxy groups -OCH3 is 1. The van der Waals surface area contributed by atoms with Gasteiger partial charge in [0, 0.05) is 0 Å². The van der Waals surface area contributed by atoms with Gasteiger partial charge in [0.25, 0.3) is 0 Å². The summed E-state index contributed by atoms with van der Waals surface area (Å²) in [6.45, 7) is 4.72. The lowest BCUT2D eigenvalue weighted by Crippen LogP contribution is -3.16. The molecular weight excluding hydrogens is 347 g/mol. The second kappa shape index (κ2) is 9.69. The Balaban J connectivity index is 1.38. The smallest absolute Gasteiger partial charge is 0.146 e. The fraction of sp³-hybridized carbons (Fsp3) is 0.429. The summed E-state index contributed by atoms with van der Waals surface area (Å²) in [6, 6.07) is 14.6. The van der Waals surface area contributed by atoms with Crippen molar-refractivity contribution in [2.75, 3.05) is 51.3 Å². The molecule has 1 saturated heterocycles. The molecule has 0 spiro atoms. The zero-order valence-corrected chi connectivity index (χ0v) is 15.7. The van der Waals surface area contributed by atoms with E-state index < -0.39 is 6.10 Å². The van der Waals surface area contributed by atoms with E-state index in [-0.39, 0.29) is 5.82 Å². The van der Waals surface area contributed by atoms with Crippen LogP contribution in [0.2, 0.25) is 0 Å². The third-order valence-corrected chi connectivity index (χ3v) is 4.90. The summed E-state index contributed by atoms with van der Waals surface area (Å²) in [5.74, 6) is 0.626. The largest absolute Gasteiger partial charge is 0.497 e. The normalized spacial score (nSPS) is 16.3. The number of halogens is 1. The van der Waals surface area contributed by atoms with Crippen molar-refractivity contribution in [3.63, 3.8) is 0 Å². The predicted octanol–water partition coefficient (Wildman–Crippen LogP) is 1.12. The third-order valence-electron chi connectivity index (χ3n) is 4.90. The molecule has 0 aromatic heterocycles. The number of hydrogen-bond donors (Lipinski definition) is 2. The number of piperazine rings is 1. The van der Waals surface area contributed by atoms with E-state index in [1.54, 1.807) is 13.2 Å². The van der Waals surface area contributed by atoms with Crippen LogP contribution in [0.4, 0.5) is 10.1 Å². The van der Waals surface area contributed by atoms with Gasteiger partial charge < -0.3 is 24.4 Å². The molecule has 0 radical (unpaired) electrons. The van der Waals surface area contributed by atoms with Crippen LogP contribution in [0.1, 0.15) is 5.56 Å². The molecule has 2 aromatic carbocycles. The van der Waals surface area contributed by atoms with E-state index in [2.05, 4.69) is 4.90 Å². The van der Waals surface area contributed by atoms with Crippen LogP contribution in [0, 0.1) is 5.82 Å². The van der Waals surface area contributed by atoms with Gasteiger partial charge in [0.05, 0.1) is 52.2 Å². The van der Waals surface area contributed by atoms with Crippen LogP contribution in [0.3, 0.4) is 0 Å². The molecule has 146 valence electrons. The Bertz CT molecular complexity index is 720. The van der Waals surface area contributed by atoms with Gasteiger partial charge in [-0.3, -0.25) is 0 Å². The second-order valence-electron chi connectivity index (χ2n) is 6.91. The number of benzene rings is 2. The van der Waals surface area contributed by atoms with E-state index in [1.807, 2.05) is 36.4 Å². The van der Waals surface area contributed by atoms with Gasteiger partial charge in [-0.05, 0) is 29.8 Å². The fourth-order valence-corrected chi connectivity index (χ4v) is 3.44. The molecule has 1 fully saturated rings. The van der Waals surface area contributed by atoms with E-state index in [0.29, 0.717) is 25.4 Å². The number of quaternary nitrogens is 1. The van der Waals surface area contributed by atoms with E-state index in [4.69, 9.17) is 9.47 Å².